The average Bonchev–Trinajstić information content (AvgIpc) is 3.20. The van der Waals surface area contributed by atoms with Crippen LogP contribution in [0.4, 0.5) is 10.1 Å². The molecule has 2 aromatic carbocycles. The maximum Gasteiger partial charge on any atom is 0.338 e. The molecule has 0 aliphatic carbocycles. The first kappa shape index (κ1) is 21.1. The molecular weight excluding hydrogens is 409 g/mol. The van der Waals surface area contributed by atoms with Crippen molar-refractivity contribution in [2.24, 2.45) is 0 Å². The summed E-state index contributed by atoms with van der Waals surface area (Å²) in [5, 5.41) is 0. The molecule has 2 saturated heterocycles. The maximum absolute atomic E-state index is 13.7. The van der Waals surface area contributed by atoms with Crippen molar-refractivity contribution in [1.82, 2.24) is 9.80 Å². The Morgan fingerprint density at radius 1 is 1.22 bits per heavy atom. The van der Waals surface area contributed by atoms with Crippen LogP contribution in [0.1, 0.15) is 38.7 Å². The topological polar surface area (TPSA) is 46.4 Å². The molecule has 0 aromatic heterocycles. The standard InChI is InChI=1S/C25H26FN3O3/c1-16-17(3-5-20-21(16)15-32-25(20)30)7-8-28-9-10-29-13-24(31-14-19(29)12-28)18-4-6-22(26)23(11-18)27-2/h3-6,11,19,24H,7-10,12-15H2,1H3/t19-,24-/m0/s1. The average molecular weight is 435 g/mol. The molecule has 0 bridgehead atoms. The molecule has 0 unspecified atom stereocenters. The summed E-state index contributed by atoms with van der Waals surface area (Å²) in [6.45, 7) is 14.9. The number of piperazine rings is 1. The lowest BCUT2D eigenvalue weighted by molar-refractivity contribution is -0.0901. The lowest BCUT2D eigenvalue weighted by Gasteiger charge is -2.46. The van der Waals surface area contributed by atoms with Crippen molar-refractivity contribution < 1.29 is 18.7 Å². The molecule has 32 heavy (non-hydrogen) atoms. The van der Waals surface area contributed by atoms with Crippen molar-refractivity contribution in [3.63, 3.8) is 0 Å². The summed E-state index contributed by atoms with van der Waals surface area (Å²) in [6, 6.07) is 9.00. The molecule has 7 heteroatoms. The number of carbonyl (C=O) groups is 1. The third-order valence-corrected chi connectivity index (χ3v) is 7.02. The number of cyclic esters (lactones) is 1. The summed E-state index contributed by atoms with van der Waals surface area (Å²) in [6.07, 6.45) is 0.816. The SMILES string of the molecule is [C-]#[N+]c1cc([C@@H]2CN3CCN(CCc4ccc5c(c4C)COC5=O)C[C@H]3CO2)ccc1F. The van der Waals surface area contributed by atoms with E-state index in [-0.39, 0.29) is 17.8 Å². The summed E-state index contributed by atoms with van der Waals surface area (Å²) in [5.41, 5.74) is 5.11. The largest absolute Gasteiger partial charge is 0.457 e. The number of benzene rings is 2. The van der Waals surface area contributed by atoms with E-state index in [1.807, 2.05) is 6.07 Å². The van der Waals surface area contributed by atoms with E-state index in [0.717, 1.165) is 50.3 Å². The van der Waals surface area contributed by atoms with E-state index in [0.29, 0.717) is 24.8 Å². The van der Waals surface area contributed by atoms with Gasteiger partial charge in [-0.15, -0.1) is 0 Å². The molecule has 2 aromatic rings. The molecule has 0 spiro atoms. The van der Waals surface area contributed by atoms with Crippen LogP contribution in [0.3, 0.4) is 0 Å². The Labute approximate surface area is 187 Å². The van der Waals surface area contributed by atoms with Gasteiger partial charge in [0.05, 0.1) is 24.8 Å². The highest BCUT2D eigenvalue weighted by atomic mass is 19.1. The van der Waals surface area contributed by atoms with Crippen LogP contribution < -0.4 is 0 Å². The molecule has 2 atom stereocenters. The van der Waals surface area contributed by atoms with Gasteiger partial charge in [-0.2, -0.15) is 0 Å². The lowest BCUT2D eigenvalue weighted by atomic mass is 9.96. The summed E-state index contributed by atoms with van der Waals surface area (Å²) in [7, 11) is 0. The van der Waals surface area contributed by atoms with Crippen LogP contribution in [0.15, 0.2) is 30.3 Å². The predicted octanol–water partition coefficient (Wildman–Crippen LogP) is 3.66. The Morgan fingerprint density at radius 3 is 2.94 bits per heavy atom. The fraction of sp³-hybridized carbons (Fsp3) is 0.440. The molecule has 5 rings (SSSR count). The number of fused-ring (bicyclic) bond motifs is 2. The first-order chi connectivity index (χ1) is 15.5. The number of ether oxygens (including phenoxy) is 2. The zero-order valence-corrected chi connectivity index (χ0v) is 18.1. The monoisotopic (exact) mass is 435 g/mol. The normalized spacial score (nSPS) is 23.3. The van der Waals surface area contributed by atoms with E-state index in [2.05, 4.69) is 27.6 Å². The number of hydrogen-bond acceptors (Lipinski definition) is 5. The van der Waals surface area contributed by atoms with Gasteiger partial charge in [0.15, 0.2) is 0 Å². The highest BCUT2D eigenvalue weighted by Gasteiger charge is 2.34. The van der Waals surface area contributed by atoms with Crippen molar-refractivity contribution in [2.75, 3.05) is 39.3 Å². The number of rotatable bonds is 4. The van der Waals surface area contributed by atoms with Gasteiger partial charge in [0.25, 0.3) is 0 Å². The van der Waals surface area contributed by atoms with E-state index in [1.165, 1.54) is 17.2 Å². The second-order valence-corrected chi connectivity index (χ2v) is 8.80. The highest BCUT2D eigenvalue weighted by Crippen LogP contribution is 2.31. The van der Waals surface area contributed by atoms with Gasteiger partial charge >= 0.3 is 5.97 Å². The van der Waals surface area contributed by atoms with Crippen LogP contribution in [-0.2, 0) is 22.5 Å². The summed E-state index contributed by atoms with van der Waals surface area (Å²) in [5.74, 6) is -0.698. The first-order valence-electron chi connectivity index (χ1n) is 11.1. The van der Waals surface area contributed by atoms with Gasteiger partial charge in [-0.3, -0.25) is 4.90 Å². The van der Waals surface area contributed by atoms with Gasteiger partial charge in [0.2, 0.25) is 5.69 Å². The van der Waals surface area contributed by atoms with Crippen molar-refractivity contribution in [3.8, 4) is 0 Å². The summed E-state index contributed by atoms with van der Waals surface area (Å²) >= 11 is 0. The van der Waals surface area contributed by atoms with Crippen LogP contribution in [0.5, 0.6) is 0 Å². The van der Waals surface area contributed by atoms with Gasteiger partial charge in [0, 0.05) is 44.3 Å². The third kappa shape index (κ3) is 3.90. The van der Waals surface area contributed by atoms with Crippen LogP contribution in [0.25, 0.3) is 4.85 Å². The summed E-state index contributed by atoms with van der Waals surface area (Å²) < 4.78 is 25.0. The molecular formula is C25H26FN3O3. The lowest BCUT2D eigenvalue weighted by Crippen LogP contribution is -2.58. The van der Waals surface area contributed by atoms with E-state index >= 15 is 0 Å². The Kier molecular flexibility index (Phi) is 5.68. The Balaban J connectivity index is 1.18. The Hall–Kier alpha value is -2.79. The molecule has 0 saturated carbocycles. The zero-order chi connectivity index (χ0) is 22.2. The highest BCUT2D eigenvalue weighted by molar-refractivity contribution is 5.93. The predicted molar refractivity (Wildman–Crippen MR) is 117 cm³/mol. The van der Waals surface area contributed by atoms with Crippen LogP contribution in [0, 0.1) is 19.3 Å². The van der Waals surface area contributed by atoms with E-state index < -0.39 is 5.82 Å². The van der Waals surface area contributed by atoms with E-state index in [4.69, 9.17) is 16.0 Å². The number of morpholine rings is 1. The molecule has 3 heterocycles. The summed E-state index contributed by atoms with van der Waals surface area (Å²) in [4.78, 5) is 20.0. The van der Waals surface area contributed by atoms with Gasteiger partial charge in [-0.05, 0) is 48.2 Å². The van der Waals surface area contributed by atoms with Crippen LogP contribution in [-0.4, -0.2) is 61.1 Å². The molecule has 0 radical (unpaired) electrons. The van der Waals surface area contributed by atoms with Crippen LogP contribution >= 0.6 is 0 Å². The molecule has 166 valence electrons. The molecule has 2 fully saturated rings. The first-order valence-corrected chi connectivity index (χ1v) is 11.1. The second-order valence-electron chi connectivity index (χ2n) is 8.80. The second kappa shape index (κ2) is 8.62. The Bertz CT molecular complexity index is 1100. The molecule has 6 nitrogen and oxygen atoms in total. The molecule has 0 N–H and O–H groups in total. The molecule has 0 amide bonds. The molecule has 3 aliphatic rings. The number of nitrogens with zero attached hydrogens (tertiary/aromatic N) is 3. The number of halogens is 1. The minimum absolute atomic E-state index is 0.0517. The van der Waals surface area contributed by atoms with Gasteiger partial charge in [-0.25, -0.2) is 14.0 Å². The number of esters is 1. The van der Waals surface area contributed by atoms with Crippen molar-refractivity contribution in [1.29, 1.82) is 0 Å². The number of hydrogen-bond donors (Lipinski definition) is 0. The maximum atomic E-state index is 13.7. The minimum atomic E-state index is -0.483. The van der Waals surface area contributed by atoms with Gasteiger partial charge < -0.3 is 14.4 Å². The van der Waals surface area contributed by atoms with E-state index in [9.17, 15) is 9.18 Å². The van der Waals surface area contributed by atoms with Crippen molar-refractivity contribution in [2.45, 2.75) is 32.1 Å². The van der Waals surface area contributed by atoms with Crippen molar-refractivity contribution in [3.05, 3.63) is 75.4 Å². The van der Waals surface area contributed by atoms with Gasteiger partial charge in [-0.1, -0.05) is 12.1 Å². The Morgan fingerprint density at radius 2 is 2.09 bits per heavy atom. The van der Waals surface area contributed by atoms with Crippen LogP contribution in [0.2, 0.25) is 0 Å². The fourth-order valence-electron chi connectivity index (χ4n) is 5.02. The molecule has 3 aliphatic heterocycles. The third-order valence-electron chi connectivity index (χ3n) is 7.02. The van der Waals surface area contributed by atoms with Gasteiger partial charge in [0.1, 0.15) is 12.4 Å². The number of carbonyl (C=O) groups excluding carboxylic acids is 1. The van der Waals surface area contributed by atoms with Crippen molar-refractivity contribution >= 4 is 11.7 Å². The smallest absolute Gasteiger partial charge is 0.338 e. The zero-order valence-electron chi connectivity index (χ0n) is 18.1. The van der Waals surface area contributed by atoms with E-state index in [1.54, 1.807) is 12.1 Å². The minimum Gasteiger partial charge on any atom is -0.457 e. The fourth-order valence-corrected chi connectivity index (χ4v) is 5.02. The quantitative estimate of drug-likeness (QED) is 0.542.